The number of halogens is 1. The van der Waals surface area contributed by atoms with Crippen LogP contribution in [0.2, 0.25) is 0 Å². The first-order chi connectivity index (χ1) is 8.04. The average Bonchev–Trinajstić information content (AvgIpc) is 2.27. The van der Waals surface area contributed by atoms with Crippen molar-refractivity contribution in [3.05, 3.63) is 23.6 Å². The van der Waals surface area contributed by atoms with E-state index in [1.165, 1.54) is 0 Å². The van der Waals surface area contributed by atoms with E-state index in [4.69, 9.17) is 5.11 Å². The molecule has 92 valence electrons. The lowest BCUT2D eigenvalue weighted by Gasteiger charge is -2.08. The largest absolute Gasteiger partial charge is 0.478 e. The monoisotopic (exact) mass is 241 g/mol. The predicted octanol–water partition coefficient (Wildman–Crippen LogP) is 0.467. The van der Waals surface area contributed by atoms with Crippen molar-refractivity contribution in [1.29, 1.82) is 0 Å². The molecule has 3 N–H and O–H groups in total. The minimum absolute atomic E-state index is 0.0369. The van der Waals surface area contributed by atoms with Gasteiger partial charge in [0, 0.05) is 6.54 Å². The molecule has 6 nitrogen and oxygen atoms in total. The molecule has 0 unspecified atom stereocenters. The van der Waals surface area contributed by atoms with Gasteiger partial charge in [-0.1, -0.05) is 0 Å². The van der Waals surface area contributed by atoms with Crippen LogP contribution >= 0.6 is 0 Å². The highest BCUT2D eigenvalue weighted by atomic mass is 19.1. The quantitative estimate of drug-likeness (QED) is 0.697. The normalized spacial score (nSPS) is 9.76. The number of likely N-dealkylation sites (N-methyl/N-ethyl adjacent to an activating group) is 1. The van der Waals surface area contributed by atoms with Gasteiger partial charge in [0.25, 0.3) is 0 Å². The minimum Gasteiger partial charge on any atom is -0.478 e. The van der Waals surface area contributed by atoms with E-state index in [0.29, 0.717) is 6.54 Å². The molecule has 1 amide bonds. The molecular weight excluding hydrogens is 229 g/mol. The fraction of sp³-hybridized carbons (Fsp3) is 0.300. The van der Waals surface area contributed by atoms with E-state index < -0.39 is 11.8 Å². The van der Waals surface area contributed by atoms with Crippen molar-refractivity contribution in [2.75, 3.05) is 18.4 Å². The number of hydrogen-bond donors (Lipinski definition) is 3. The Morgan fingerprint density at radius 1 is 1.53 bits per heavy atom. The van der Waals surface area contributed by atoms with Crippen LogP contribution in [0.25, 0.3) is 0 Å². The Balaban J connectivity index is 2.77. The summed E-state index contributed by atoms with van der Waals surface area (Å²) in [5, 5.41) is 13.9. The summed E-state index contributed by atoms with van der Waals surface area (Å²) < 4.78 is 12.8. The van der Waals surface area contributed by atoms with E-state index in [1.807, 2.05) is 0 Å². The topological polar surface area (TPSA) is 91.3 Å². The lowest BCUT2D eigenvalue weighted by molar-refractivity contribution is -0.119. The maximum absolute atomic E-state index is 12.8. The molecule has 0 atom stereocenters. The molecule has 1 aromatic heterocycles. The Morgan fingerprint density at radius 2 is 2.24 bits per heavy atom. The molecular formula is C10H12FN3O3. The second kappa shape index (κ2) is 5.78. The van der Waals surface area contributed by atoms with Gasteiger partial charge in [0.05, 0.1) is 12.7 Å². The second-order valence-electron chi connectivity index (χ2n) is 3.16. The lowest BCUT2D eigenvalue weighted by atomic mass is 10.2. The zero-order valence-corrected chi connectivity index (χ0v) is 9.16. The summed E-state index contributed by atoms with van der Waals surface area (Å²) in [5.41, 5.74) is -0.311. The fourth-order valence-electron chi connectivity index (χ4n) is 1.17. The molecule has 0 saturated heterocycles. The number of pyridine rings is 1. The van der Waals surface area contributed by atoms with Crippen LogP contribution in [0.5, 0.6) is 0 Å². The molecule has 0 aliphatic heterocycles. The third kappa shape index (κ3) is 3.71. The molecule has 0 saturated carbocycles. The number of rotatable bonds is 5. The van der Waals surface area contributed by atoms with E-state index in [9.17, 15) is 14.0 Å². The van der Waals surface area contributed by atoms with Crippen molar-refractivity contribution in [2.45, 2.75) is 6.92 Å². The zero-order valence-electron chi connectivity index (χ0n) is 9.16. The zero-order chi connectivity index (χ0) is 12.8. The van der Waals surface area contributed by atoms with Crippen LogP contribution in [0, 0.1) is 5.82 Å². The fourth-order valence-corrected chi connectivity index (χ4v) is 1.17. The summed E-state index contributed by atoms with van der Waals surface area (Å²) in [5.74, 6) is -2.39. The molecule has 7 heteroatoms. The minimum atomic E-state index is -1.31. The second-order valence-corrected chi connectivity index (χ2v) is 3.16. The van der Waals surface area contributed by atoms with Gasteiger partial charge in [0.15, 0.2) is 0 Å². The maximum Gasteiger partial charge on any atom is 0.339 e. The summed E-state index contributed by atoms with van der Waals surface area (Å²) in [4.78, 5) is 25.5. The van der Waals surface area contributed by atoms with Gasteiger partial charge in [-0.3, -0.25) is 4.79 Å². The summed E-state index contributed by atoms with van der Waals surface area (Å²) in [7, 11) is 0. The van der Waals surface area contributed by atoms with Crippen LogP contribution < -0.4 is 10.6 Å². The molecule has 0 aliphatic carbocycles. The van der Waals surface area contributed by atoms with E-state index in [-0.39, 0.29) is 23.8 Å². The molecule has 1 aromatic rings. The number of nitrogens with zero attached hydrogens (tertiary/aromatic N) is 1. The van der Waals surface area contributed by atoms with E-state index in [2.05, 4.69) is 15.6 Å². The molecule has 1 heterocycles. The summed E-state index contributed by atoms with van der Waals surface area (Å²) in [6.07, 6.45) is 0.881. The number of carboxylic acids is 1. The molecule has 0 bridgehead atoms. The molecule has 0 aliphatic rings. The van der Waals surface area contributed by atoms with E-state index in [1.54, 1.807) is 6.92 Å². The number of aromatic carboxylic acids is 1. The van der Waals surface area contributed by atoms with E-state index >= 15 is 0 Å². The molecule has 0 radical (unpaired) electrons. The number of aromatic nitrogens is 1. The Morgan fingerprint density at radius 3 is 2.82 bits per heavy atom. The maximum atomic E-state index is 12.8. The Kier molecular flexibility index (Phi) is 4.38. The number of carbonyl (C=O) groups excluding carboxylic acids is 1. The van der Waals surface area contributed by atoms with Gasteiger partial charge in [-0.15, -0.1) is 0 Å². The van der Waals surface area contributed by atoms with Gasteiger partial charge in [0.2, 0.25) is 5.91 Å². The number of hydrogen-bond acceptors (Lipinski definition) is 4. The SMILES string of the molecule is CCNC(=O)CNc1ncc(F)cc1C(=O)O. The van der Waals surface area contributed by atoms with Gasteiger partial charge in [-0.2, -0.15) is 0 Å². The number of carboxylic acid groups (broad SMARTS) is 1. The molecule has 0 spiro atoms. The Hall–Kier alpha value is -2.18. The highest BCUT2D eigenvalue weighted by Crippen LogP contribution is 2.12. The first-order valence-corrected chi connectivity index (χ1v) is 4.94. The number of amides is 1. The van der Waals surface area contributed by atoms with Crippen LogP contribution in [-0.4, -0.2) is 35.1 Å². The van der Waals surface area contributed by atoms with Crippen molar-refractivity contribution < 1.29 is 19.1 Å². The van der Waals surface area contributed by atoms with Crippen LogP contribution in [0.15, 0.2) is 12.3 Å². The summed E-state index contributed by atoms with van der Waals surface area (Å²) >= 11 is 0. The molecule has 1 rings (SSSR count). The van der Waals surface area contributed by atoms with Crippen LogP contribution in [0.4, 0.5) is 10.2 Å². The van der Waals surface area contributed by atoms with Crippen molar-refractivity contribution in [2.24, 2.45) is 0 Å². The molecule has 0 aromatic carbocycles. The summed E-state index contributed by atoms with van der Waals surface area (Å²) in [6, 6.07) is 0.843. The van der Waals surface area contributed by atoms with Gasteiger partial charge in [-0.25, -0.2) is 14.2 Å². The Bertz CT molecular complexity index is 437. The highest BCUT2D eigenvalue weighted by molar-refractivity contribution is 5.93. The van der Waals surface area contributed by atoms with Gasteiger partial charge in [0.1, 0.15) is 17.2 Å². The first kappa shape index (κ1) is 12.9. The van der Waals surface area contributed by atoms with Gasteiger partial charge >= 0.3 is 5.97 Å². The number of nitrogens with one attached hydrogen (secondary N) is 2. The third-order valence-electron chi connectivity index (χ3n) is 1.88. The van der Waals surface area contributed by atoms with Gasteiger partial charge in [-0.05, 0) is 13.0 Å². The van der Waals surface area contributed by atoms with Crippen molar-refractivity contribution in [1.82, 2.24) is 10.3 Å². The predicted molar refractivity (Wildman–Crippen MR) is 58.3 cm³/mol. The van der Waals surface area contributed by atoms with Gasteiger partial charge < -0.3 is 15.7 Å². The van der Waals surface area contributed by atoms with E-state index in [0.717, 1.165) is 12.3 Å². The summed E-state index contributed by atoms with van der Waals surface area (Å²) in [6.45, 7) is 2.12. The van der Waals surface area contributed by atoms with Crippen molar-refractivity contribution >= 4 is 17.7 Å². The number of carbonyl (C=O) groups is 2. The molecule has 0 fully saturated rings. The lowest BCUT2D eigenvalue weighted by Crippen LogP contribution is -2.30. The average molecular weight is 241 g/mol. The smallest absolute Gasteiger partial charge is 0.339 e. The first-order valence-electron chi connectivity index (χ1n) is 4.94. The highest BCUT2D eigenvalue weighted by Gasteiger charge is 2.13. The van der Waals surface area contributed by atoms with Crippen LogP contribution in [0.3, 0.4) is 0 Å². The van der Waals surface area contributed by atoms with Crippen LogP contribution in [0.1, 0.15) is 17.3 Å². The molecule has 17 heavy (non-hydrogen) atoms. The van der Waals surface area contributed by atoms with Crippen molar-refractivity contribution in [3.63, 3.8) is 0 Å². The number of anilines is 1. The standard InChI is InChI=1S/C10H12FN3O3/c1-2-12-8(15)5-14-9-7(10(16)17)3-6(11)4-13-9/h3-4H,2,5H2,1H3,(H,12,15)(H,13,14)(H,16,17). The van der Waals surface area contributed by atoms with Crippen molar-refractivity contribution in [3.8, 4) is 0 Å². The van der Waals surface area contributed by atoms with Crippen LogP contribution in [-0.2, 0) is 4.79 Å². The Labute approximate surface area is 96.9 Å². The third-order valence-corrected chi connectivity index (χ3v) is 1.88.